The van der Waals surface area contributed by atoms with E-state index in [4.69, 9.17) is 4.74 Å². The number of hydrogen-bond acceptors (Lipinski definition) is 7. The molecular weight excluding hydrogens is 338 g/mol. The quantitative estimate of drug-likeness (QED) is 0.456. The summed E-state index contributed by atoms with van der Waals surface area (Å²) in [5.74, 6) is -0.673. The van der Waals surface area contributed by atoms with Gasteiger partial charge in [0.1, 0.15) is 5.56 Å². The molecule has 0 aliphatic rings. The molecule has 2 rings (SSSR count). The van der Waals surface area contributed by atoms with Gasteiger partial charge in [-0.25, -0.2) is 4.79 Å². The molecule has 0 radical (unpaired) electrons. The van der Waals surface area contributed by atoms with Gasteiger partial charge < -0.3 is 4.74 Å². The second kappa shape index (κ2) is 6.40. The highest BCUT2D eigenvalue weighted by Crippen LogP contribution is 2.23. The average Bonchev–Trinajstić information content (AvgIpc) is 2.83. The summed E-state index contributed by atoms with van der Waals surface area (Å²) in [7, 11) is -4.18. The molecule has 0 fully saturated rings. The van der Waals surface area contributed by atoms with Crippen LogP contribution >= 0.6 is 0 Å². The first-order valence-corrected chi connectivity index (χ1v) is 8.37. The summed E-state index contributed by atoms with van der Waals surface area (Å²) in [6.45, 7) is 4.67. The van der Waals surface area contributed by atoms with Crippen LogP contribution in [0, 0.1) is 24.0 Å². The molecule has 0 bridgehead atoms. The smallest absolute Gasteiger partial charge is 0.341 e. The van der Waals surface area contributed by atoms with Crippen molar-refractivity contribution in [1.82, 2.24) is 9.19 Å². The lowest BCUT2D eigenvalue weighted by molar-refractivity contribution is -0.385. The van der Waals surface area contributed by atoms with E-state index in [9.17, 15) is 23.3 Å². The fraction of sp³-hybridized carbons (Fsp3) is 0.286. The summed E-state index contributed by atoms with van der Waals surface area (Å²) >= 11 is 0. The van der Waals surface area contributed by atoms with Crippen molar-refractivity contribution < 1.29 is 22.9 Å². The van der Waals surface area contributed by atoms with Crippen LogP contribution in [0.4, 0.5) is 5.69 Å². The Morgan fingerprint density at radius 1 is 1.38 bits per heavy atom. The summed E-state index contributed by atoms with van der Waals surface area (Å²) < 4.78 is 31.0. The third-order valence-electron chi connectivity index (χ3n) is 3.28. The molecule has 0 atom stereocenters. The molecule has 0 aliphatic heterocycles. The van der Waals surface area contributed by atoms with E-state index in [1.165, 1.54) is 32.0 Å². The zero-order valence-electron chi connectivity index (χ0n) is 13.2. The van der Waals surface area contributed by atoms with Gasteiger partial charge in [0.05, 0.1) is 27.8 Å². The van der Waals surface area contributed by atoms with E-state index in [0.717, 1.165) is 6.07 Å². The molecule has 0 spiro atoms. The normalized spacial score (nSPS) is 11.3. The number of carbonyl (C=O) groups is 1. The molecule has 0 aliphatic carbocycles. The Balaban J connectivity index is 2.59. The van der Waals surface area contributed by atoms with Crippen molar-refractivity contribution >= 4 is 21.7 Å². The maximum absolute atomic E-state index is 12.7. The van der Waals surface area contributed by atoms with Gasteiger partial charge in [0.15, 0.2) is 0 Å². The third-order valence-corrected chi connectivity index (χ3v) is 4.95. The number of aromatic nitrogens is 2. The van der Waals surface area contributed by atoms with Crippen LogP contribution in [0.15, 0.2) is 29.2 Å². The molecule has 1 heterocycles. The monoisotopic (exact) mass is 353 g/mol. The van der Waals surface area contributed by atoms with Gasteiger partial charge in [-0.1, -0.05) is 6.07 Å². The van der Waals surface area contributed by atoms with Crippen LogP contribution in [0.5, 0.6) is 0 Å². The zero-order valence-corrected chi connectivity index (χ0v) is 14.0. The van der Waals surface area contributed by atoms with E-state index in [2.05, 4.69) is 5.10 Å². The summed E-state index contributed by atoms with van der Waals surface area (Å²) in [4.78, 5) is 21.8. The van der Waals surface area contributed by atoms with Gasteiger partial charge in [0, 0.05) is 12.1 Å². The van der Waals surface area contributed by atoms with Gasteiger partial charge in [-0.15, -0.1) is 0 Å². The van der Waals surface area contributed by atoms with Crippen LogP contribution in [0.1, 0.15) is 28.7 Å². The molecule has 0 N–H and O–H groups in total. The van der Waals surface area contributed by atoms with Crippen LogP contribution < -0.4 is 0 Å². The predicted octanol–water partition coefficient (Wildman–Crippen LogP) is 1.82. The minimum Gasteiger partial charge on any atom is -0.462 e. The number of benzene rings is 1. The second-order valence-corrected chi connectivity index (χ2v) is 6.64. The Hall–Kier alpha value is -2.75. The number of nitro groups is 1. The summed E-state index contributed by atoms with van der Waals surface area (Å²) in [5.41, 5.74) is -0.0218. The molecule has 24 heavy (non-hydrogen) atoms. The van der Waals surface area contributed by atoms with Gasteiger partial charge in [-0.3, -0.25) is 10.1 Å². The number of nitro benzene ring substituents is 1. The van der Waals surface area contributed by atoms with Gasteiger partial charge in [0.25, 0.3) is 15.7 Å². The number of hydrogen-bond donors (Lipinski definition) is 0. The van der Waals surface area contributed by atoms with Crippen LogP contribution in [0.25, 0.3) is 0 Å². The molecular formula is C14H15N3O6S. The number of rotatable bonds is 5. The van der Waals surface area contributed by atoms with Crippen LogP contribution in [0.2, 0.25) is 0 Å². The van der Waals surface area contributed by atoms with Crippen LogP contribution in [0.3, 0.4) is 0 Å². The van der Waals surface area contributed by atoms with E-state index < -0.39 is 20.9 Å². The van der Waals surface area contributed by atoms with Crippen molar-refractivity contribution in [2.45, 2.75) is 25.7 Å². The average molecular weight is 353 g/mol. The number of ether oxygens (including phenoxy) is 1. The molecule has 0 amide bonds. The maximum Gasteiger partial charge on any atom is 0.341 e. The SMILES string of the molecule is CCOC(=O)c1c(C)nn(S(=O)(=O)c2cccc([N+](=O)[O-])c2)c1C. The number of nitrogens with zero attached hydrogens (tertiary/aromatic N) is 3. The lowest BCUT2D eigenvalue weighted by atomic mass is 10.2. The van der Waals surface area contributed by atoms with Crippen molar-refractivity contribution in [3.05, 3.63) is 51.3 Å². The number of esters is 1. The first-order valence-electron chi connectivity index (χ1n) is 6.93. The minimum absolute atomic E-state index is 0.0610. The Morgan fingerprint density at radius 3 is 2.62 bits per heavy atom. The highest BCUT2D eigenvalue weighted by molar-refractivity contribution is 7.89. The molecule has 2 aromatic rings. The van der Waals surface area contributed by atoms with Crippen molar-refractivity contribution in [2.24, 2.45) is 0 Å². The summed E-state index contributed by atoms with van der Waals surface area (Å²) in [6.07, 6.45) is 0. The van der Waals surface area contributed by atoms with Crippen LogP contribution in [-0.4, -0.2) is 35.1 Å². The number of aryl methyl sites for hydroxylation is 1. The molecule has 128 valence electrons. The van der Waals surface area contributed by atoms with Crippen LogP contribution in [-0.2, 0) is 14.8 Å². The topological polar surface area (TPSA) is 121 Å². The first kappa shape index (κ1) is 17.6. The summed E-state index contributed by atoms with van der Waals surface area (Å²) in [5, 5.41) is 14.7. The first-order chi connectivity index (χ1) is 11.2. The fourth-order valence-corrected chi connectivity index (χ4v) is 3.61. The number of carbonyl (C=O) groups excluding carboxylic acids is 1. The highest BCUT2D eigenvalue weighted by atomic mass is 32.2. The van der Waals surface area contributed by atoms with E-state index in [1.807, 2.05) is 0 Å². The van der Waals surface area contributed by atoms with Crippen molar-refractivity contribution in [1.29, 1.82) is 0 Å². The third kappa shape index (κ3) is 3.00. The molecule has 9 nitrogen and oxygen atoms in total. The van der Waals surface area contributed by atoms with E-state index >= 15 is 0 Å². The Morgan fingerprint density at radius 2 is 2.04 bits per heavy atom. The van der Waals surface area contributed by atoms with E-state index in [-0.39, 0.29) is 34.1 Å². The second-order valence-electron chi connectivity index (χ2n) is 4.87. The van der Waals surface area contributed by atoms with Gasteiger partial charge in [-0.05, 0) is 26.8 Å². The standard InChI is InChI=1S/C14H15N3O6S/c1-4-23-14(18)13-9(2)15-16(10(13)3)24(21,22)12-7-5-6-11(8-12)17(19)20/h5-8H,4H2,1-3H3. The Labute approximate surface area is 138 Å². The van der Waals surface area contributed by atoms with Crippen molar-refractivity contribution in [3.63, 3.8) is 0 Å². The lowest BCUT2D eigenvalue weighted by Crippen LogP contribution is -2.17. The predicted molar refractivity (Wildman–Crippen MR) is 83.3 cm³/mol. The van der Waals surface area contributed by atoms with E-state index in [1.54, 1.807) is 6.92 Å². The Bertz CT molecular complexity index is 917. The molecule has 1 aromatic carbocycles. The Kier molecular flexibility index (Phi) is 4.69. The molecule has 10 heteroatoms. The maximum atomic E-state index is 12.7. The fourth-order valence-electron chi connectivity index (χ4n) is 2.21. The summed E-state index contributed by atoms with van der Waals surface area (Å²) in [6, 6.07) is 4.62. The van der Waals surface area contributed by atoms with Crippen molar-refractivity contribution in [2.75, 3.05) is 6.61 Å². The number of non-ortho nitro benzene ring substituents is 1. The highest BCUT2D eigenvalue weighted by Gasteiger charge is 2.28. The molecule has 0 unspecified atom stereocenters. The zero-order chi connectivity index (χ0) is 18.1. The van der Waals surface area contributed by atoms with Gasteiger partial charge >= 0.3 is 5.97 Å². The molecule has 0 saturated heterocycles. The molecule has 1 aromatic heterocycles. The van der Waals surface area contributed by atoms with Crippen molar-refractivity contribution in [3.8, 4) is 0 Å². The molecule has 0 saturated carbocycles. The minimum atomic E-state index is -4.18. The lowest BCUT2D eigenvalue weighted by Gasteiger charge is -2.07. The van der Waals surface area contributed by atoms with Gasteiger partial charge in [0.2, 0.25) is 0 Å². The van der Waals surface area contributed by atoms with Gasteiger partial charge in [-0.2, -0.15) is 17.6 Å². The largest absolute Gasteiger partial charge is 0.462 e. The van der Waals surface area contributed by atoms with E-state index in [0.29, 0.717) is 4.09 Å².